The van der Waals surface area contributed by atoms with Crippen LogP contribution in [0.15, 0.2) is 89.3 Å². The van der Waals surface area contributed by atoms with Gasteiger partial charge in [-0.2, -0.15) is 21.6 Å². The van der Waals surface area contributed by atoms with Gasteiger partial charge in [-0.15, -0.1) is 0 Å². The fraction of sp³-hybridized carbons (Fsp3) is 0.355. The van der Waals surface area contributed by atoms with Crippen LogP contribution < -0.4 is 4.72 Å². The molecule has 0 saturated carbocycles. The summed E-state index contributed by atoms with van der Waals surface area (Å²) in [6.45, 7) is -0.638. The van der Waals surface area contributed by atoms with E-state index >= 15 is 0 Å². The van der Waals surface area contributed by atoms with Gasteiger partial charge < -0.3 is 9.84 Å². The van der Waals surface area contributed by atoms with Crippen LogP contribution in [0, 0.1) is 0 Å². The number of anilines is 1. The SMILES string of the molecule is [2H]C([2H])C([2H])([2H])C([2H])([2H])C1(CCc2ccccc2)CC(O)=C(C(CC)c2cccc(NS(=O)(=O)c3ccc(C(F)(F)F)cn3)c2)C(=O)O1. The molecule has 3 aromatic rings. The van der Waals surface area contributed by atoms with Crippen LogP contribution in [0.4, 0.5) is 18.9 Å². The van der Waals surface area contributed by atoms with Crippen molar-refractivity contribution in [2.75, 3.05) is 4.72 Å². The number of ether oxygens (including phenoxy) is 1. The van der Waals surface area contributed by atoms with Crippen LogP contribution in [0.25, 0.3) is 0 Å². The van der Waals surface area contributed by atoms with E-state index in [4.69, 9.17) is 13.0 Å². The van der Waals surface area contributed by atoms with E-state index in [2.05, 4.69) is 9.71 Å². The average Bonchev–Trinajstić information content (AvgIpc) is 3.01. The number of sulfonamides is 1. The first-order chi connectivity index (χ1) is 22.3. The molecule has 0 amide bonds. The van der Waals surface area contributed by atoms with Gasteiger partial charge in [-0.3, -0.25) is 4.72 Å². The van der Waals surface area contributed by atoms with Gasteiger partial charge in [0.2, 0.25) is 0 Å². The number of aliphatic hydroxyl groups is 1. The van der Waals surface area contributed by atoms with Crippen molar-refractivity contribution < 1.29 is 44.5 Å². The monoisotopic (exact) mass is 608 g/mol. The lowest BCUT2D eigenvalue weighted by Crippen LogP contribution is -2.41. The molecule has 2 atom stereocenters. The predicted molar refractivity (Wildman–Crippen MR) is 152 cm³/mol. The first kappa shape index (κ1) is 23.7. The molecule has 42 heavy (non-hydrogen) atoms. The Kier molecular flexibility index (Phi) is 7.08. The lowest BCUT2D eigenvalue weighted by Gasteiger charge is -2.38. The van der Waals surface area contributed by atoms with Crippen molar-refractivity contribution in [3.05, 3.63) is 101 Å². The number of alkyl halides is 3. The molecule has 1 aromatic heterocycles. The van der Waals surface area contributed by atoms with Crippen molar-refractivity contribution in [3.63, 3.8) is 0 Å². The fourth-order valence-corrected chi connectivity index (χ4v) is 5.81. The molecule has 1 aliphatic heterocycles. The number of hydrogen-bond acceptors (Lipinski definition) is 6. The normalized spacial score (nSPS) is 21.3. The van der Waals surface area contributed by atoms with E-state index < -0.39 is 76.1 Å². The van der Waals surface area contributed by atoms with Crippen LogP contribution in [0.2, 0.25) is 0 Å². The van der Waals surface area contributed by atoms with E-state index in [0.717, 1.165) is 0 Å². The molecule has 11 heteroatoms. The molecule has 0 spiro atoms. The number of aryl methyl sites for hydroxylation is 1. The highest BCUT2D eigenvalue weighted by Crippen LogP contribution is 2.42. The number of halogens is 3. The second-order valence-corrected chi connectivity index (χ2v) is 11.4. The van der Waals surface area contributed by atoms with E-state index in [1.165, 1.54) is 24.3 Å². The third-order valence-corrected chi connectivity index (χ3v) is 8.17. The van der Waals surface area contributed by atoms with Crippen molar-refractivity contribution in [1.29, 1.82) is 0 Å². The van der Waals surface area contributed by atoms with Crippen molar-refractivity contribution in [1.82, 2.24) is 4.98 Å². The average molecular weight is 609 g/mol. The van der Waals surface area contributed by atoms with Gasteiger partial charge in [-0.05, 0) is 61.0 Å². The number of nitrogens with one attached hydrogen (secondary N) is 1. The minimum atomic E-state index is -4.71. The smallest absolute Gasteiger partial charge is 0.417 e. The number of carbonyl (C=O) groups is 1. The summed E-state index contributed by atoms with van der Waals surface area (Å²) in [6, 6.07) is 15.7. The third-order valence-electron chi connectivity index (χ3n) is 6.87. The lowest BCUT2D eigenvalue weighted by atomic mass is 9.80. The van der Waals surface area contributed by atoms with Gasteiger partial charge in [0.25, 0.3) is 10.0 Å². The molecule has 0 radical (unpaired) electrons. The van der Waals surface area contributed by atoms with E-state index in [1.54, 1.807) is 37.3 Å². The molecule has 0 bridgehead atoms. The molecule has 224 valence electrons. The van der Waals surface area contributed by atoms with E-state index in [9.17, 15) is 31.5 Å². The first-order valence-corrected chi connectivity index (χ1v) is 14.4. The van der Waals surface area contributed by atoms with Gasteiger partial charge in [0.05, 0.1) is 11.1 Å². The molecule has 2 aromatic carbocycles. The number of nitrogens with zero attached hydrogens (tertiary/aromatic N) is 1. The lowest BCUT2D eigenvalue weighted by molar-refractivity contribution is -0.161. The highest BCUT2D eigenvalue weighted by atomic mass is 32.2. The number of hydrogen-bond donors (Lipinski definition) is 2. The van der Waals surface area contributed by atoms with E-state index in [1.807, 2.05) is 0 Å². The Hall–Kier alpha value is -3.86. The number of cyclic esters (lactones) is 1. The summed E-state index contributed by atoms with van der Waals surface area (Å²) in [5.41, 5.74) is -2.69. The summed E-state index contributed by atoms with van der Waals surface area (Å²) < 4.78 is 122. The maximum absolute atomic E-state index is 13.7. The maximum Gasteiger partial charge on any atom is 0.417 e. The summed E-state index contributed by atoms with van der Waals surface area (Å²) in [5, 5.41) is 10.7. The first-order valence-electron chi connectivity index (χ1n) is 16.1. The quantitative estimate of drug-likeness (QED) is 0.221. The number of rotatable bonds is 11. The van der Waals surface area contributed by atoms with Crippen LogP contribution in [-0.2, 0) is 32.2 Å². The van der Waals surface area contributed by atoms with Crippen molar-refractivity contribution >= 4 is 21.7 Å². The molecule has 2 unspecified atom stereocenters. The van der Waals surface area contributed by atoms with Crippen molar-refractivity contribution in [2.24, 2.45) is 0 Å². The highest BCUT2D eigenvalue weighted by Gasteiger charge is 2.43. The minimum Gasteiger partial charge on any atom is -0.512 e. The summed E-state index contributed by atoms with van der Waals surface area (Å²) in [6.07, 6.45) is -11.2. The van der Waals surface area contributed by atoms with Gasteiger partial charge >= 0.3 is 12.1 Å². The summed E-state index contributed by atoms with van der Waals surface area (Å²) in [5.74, 6) is -2.65. The Bertz CT molecular complexity index is 1780. The molecule has 7 nitrogen and oxygen atoms in total. The summed E-state index contributed by atoms with van der Waals surface area (Å²) >= 11 is 0. The second kappa shape index (κ2) is 12.6. The number of benzene rings is 2. The molecule has 1 aliphatic rings. The Balaban J connectivity index is 1.68. The molecule has 0 saturated heterocycles. The van der Waals surface area contributed by atoms with Crippen LogP contribution >= 0.6 is 0 Å². The van der Waals surface area contributed by atoms with E-state index in [0.29, 0.717) is 29.5 Å². The van der Waals surface area contributed by atoms with Gasteiger partial charge in [0, 0.05) is 32.4 Å². The fourth-order valence-electron chi connectivity index (χ4n) is 4.83. The van der Waals surface area contributed by atoms with Crippen molar-refractivity contribution in [3.8, 4) is 0 Å². The molecular weight excluding hydrogens is 569 g/mol. The van der Waals surface area contributed by atoms with Crippen LogP contribution in [0.1, 0.15) is 76.6 Å². The molecule has 2 heterocycles. The van der Waals surface area contributed by atoms with Crippen LogP contribution in [0.5, 0.6) is 0 Å². The van der Waals surface area contributed by atoms with Crippen LogP contribution in [-0.4, -0.2) is 30.1 Å². The van der Waals surface area contributed by atoms with Gasteiger partial charge in [-0.1, -0.05) is 62.6 Å². The molecule has 4 rings (SSSR count). The summed E-state index contributed by atoms with van der Waals surface area (Å²) in [7, 11) is -4.44. The molecular formula is C31H33F3N2O5S. The largest absolute Gasteiger partial charge is 0.512 e. The van der Waals surface area contributed by atoms with Crippen molar-refractivity contribution in [2.45, 2.75) is 74.9 Å². The predicted octanol–water partition coefficient (Wildman–Crippen LogP) is 7.33. The Morgan fingerprint density at radius 2 is 1.93 bits per heavy atom. The van der Waals surface area contributed by atoms with Gasteiger partial charge in [0.15, 0.2) is 5.03 Å². The number of esters is 1. The standard InChI is InChI=1S/C31H33F3N2O5S/c1-3-16-30(17-15-21-9-6-5-7-10-21)19-26(37)28(29(38)41-30)25(4-2)22-11-8-12-24(18-22)36-42(39,40)27-14-13-23(20-35-27)31(32,33)34/h5-14,18,20,25,36-37H,3-4,15-17,19H2,1-2H3/i1D2,3D2,16D2. The number of pyridine rings is 1. The molecule has 2 N–H and O–H groups in total. The zero-order valence-electron chi connectivity index (χ0n) is 28.5. The zero-order chi connectivity index (χ0) is 35.7. The molecule has 0 aliphatic carbocycles. The summed E-state index contributed by atoms with van der Waals surface area (Å²) in [4.78, 5) is 17.1. The number of aromatic nitrogens is 1. The topological polar surface area (TPSA) is 106 Å². The number of aliphatic hydroxyl groups excluding tert-OH is 1. The Morgan fingerprint density at radius 3 is 2.55 bits per heavy atom. The van der Waals surface area contributed by atoms with Crippen LogP contribution in [0.3, 0.4) is 0 Å². The minimum absolute atomic E-state index is 0.0319. The van der Waals surface area contributed by atoms with Gasteiger partial charge in [0.1, 0.15) is 11.4 Å². The van der Waals surface area contributed by atoms with E-state index in [-0.39, 0.29) is 30.5 Å². The number of carbonyl (C=O) groups excluding carboxylic acids is 1. The zero-order valence-corrected chi connectivity index (χ0v) is 23.3. The maximum atomic E-state index is 13.7. The molecule has 0 fully saturated rings. The Morgan fingerprint density at radius 1 is 1.17 bits per heavy atom. The Labute approximate surface area is 251 Å². The highest BCUT2D eigenvalue weighted by molar-refractivity contribution is 7.92. The van der Waals surface area contributed by atoms with Gasteiger partial charge in [-0.25, -0.2) is 9.78 Å². The third kappa shape index (κ3) is 7.13. The second-order valence-electron chi connectivity index (χ2n) is 9.75.